The Kier molecular flexibility index (Phi) is 4.65. The SMILES string of the molecule is Cc1ccc(C2CC(C)CCN2C(=O)NCc2cccnc2)o1. The van der Waals surface area contributed by atoms with Crippen molar-refractivity contribution in [2.45, 2.75) is 39.3 Å². The van der Waals surface area contributed by atoms with Gasteiger partial charge in [0.25, 0.3) is 0 Å². The van der Waals surface area contributed by atoms with Crippen molar-refractivity contribution in [2.75, 3.05) is 6.54 Å². The van der Waals surface area contributed by atoms with Gasteiger partial charge in [0.15, 0.2) is 0 Å². The summed E-state index contributed by atoms with van der Waals surface area (Å²) in [5.41, 5.74) is 0.997. The van der Waals surface area contributed by atoms with Gasteiger partial charge in [-0.25, -0.2) is 4.79 Å². The summed E-state index contributed by atoms with van der Waals surface area (Å²) in [5.74, 6) is 2.35. The van der Waals surface area contributed by atoms with Crippen LogP contribution in [0.2, 0.25) is 0 Å². The lowest BCUT2D eigenvalue weighted by Gasteiger charge is -2.37. The summed E-state index contributed by atoms with van der Waals surface area (Å²) in [5, 5.41) is 3.00. The molecule has 1 N–H and O–H groups in total. The number of carbonyl (C=O) groups excluding carboxylic acids is 1. The molecule has 1 aliphatic rings. The summed E-state index contributed by atoms with van der Waals surface area (Å²) in [6.45, 7) is 5.41. The number of likely N-dealkylation sites (tertiary alicyclic amines) is 1. The Morgan fingerprint density at radius 3 is 3.00 bits per heavy atom. The zero-order valence-electron chi connectivity index (χ0n) is 13.7. The molecule has 5 nitrogen and oxygen atoms in total. The van der Waals surface area contributed by atoms with Crippen molar-refractivity contribution in [1.29, 1.82) is 0 Å². The van der Waals surface area contributed by atoms with Gasteiger partial charge in [0.1, 0.15) is 11.5 Å². The molecule has 1 aliphatic heterocycles. The minimum atomic E-state index is -0.0418. The number of hydrogen-bond acceptors (Lipinski definition) is 3. The van der Waals surface area contributed by atoms with Gasteiger partial charge in [0.05, 0.1) is 6.04 Å². The molecule has 3 heterocycles. The third kappa shape index (κ3) is 3.73. The fourth-order valence-corrected chi connectivity index (χ4v) is 3.07. The van der Waals surface area contributed by atoms with Crippen LogP contribution in [0, 0.1) is 12.8 Å². The van der Waals surface area contributed by atoms with Crippen LogP contribution in [0.3, 0.4) is 0 Å². The van der Waals surface area contributed by atoms with E-state index in [1.165, 1.54) is 0 Å². The molecule has 0 aliphatic carbocycles. The Morgan fingerprint density at radius 2 is 2.30 bits per heavy atom. The first-order valence-electron chi connectivity index (χ1n) is 8.13. The van der Waals surface area contributed by atoms with Crippen LogP contribution < -0.4 is 5.32 Å². The number of nitrogens with one attached hydrogen (secondary N) is 1. The lowest BCUT2D eigenvalue weighted by molar-refractivity contribution is 0.119. The highest BCUT2D eigenvalue weighted by molar-refractivity contribution is 5.74. The van der Waals surface area contributed by atoms with Crippen molar-refractivity contribution in [1.82, 2.24) is 15.2 Å². The fraction of sp³-hybridized carbons (Fsp3) is 0.444. The molecule has 3 rings (SSSR count). The standard InChI is InChI=1S/C18H23N3O2/c1-13-7-9-21(16(10-13)17-6-5-14(2)23-17)18(22)20-12-15-4-3-8-19-11-15/h3-6,8,11,13,16H,7,9-10,12H2,1-2H3,(H,20,22). The van der Waals surface area contributed by atoms with E-state index in [-0.39, 0.29) is 12.1 Å². The van der Waals surface area contributed by atoms with E-state index in [1.54, 1.807) is 12.4 Å². The summed E-state index contributed by atoms with van der Waals surface area (Å²) < 4.78 is 5.78. The zero-order valence-corrected chi connectivity index (χ0v) is 13.7. The Balaban J connectivity index is 1.69. The lowest BCUT2D eigenvalue weighted by Crippen LogP contribution is -2.45. The van der Waals surface area contributed by atoms with Crippen LogP contribution in [0.25, 0.3) is 0 Å². The number of piperidine rings is 1. The van der Waals surface area contributed by atoms with E-state index in [0.29, 0.717) is 12.5 Å². The first kappa shape index (κ1) is 15.6. The molecular weight excluding hydrogens is 290 g/mol. The van der Waals surface area contributed by atoms with Gasteiger partial charge in [-0.2, -0.15) is 0 Å². The topological polar surface area (TPSA) is 58.4 Å². The first-order chi connectivity index (χ1) is 11.1. The van der Waals surface area contributed by atoms with E-state index in [4.69, 9.17) is 4.42 Å². The summed E-state index contributed by atoms with van der Waals surface area (Å²) in [6, 6.07) is 7.75. The molecule has 0 radical (unpaired) electrons. The summed E-state index contributed by atoms with van der Waals surface area (Å²) >= 11 is 0. The van der Waals surface area contributed by atoms with E-state index in [1.807, 2.05) is 36.1 Å². The Bertz CT molecular complexity index is 653. The molecule has 5 heteroatoms. The van der Waals surface area contributed by atoms with Crippen LogP contribution in [0.1, 0.15) is 42.9 Å². The Morgan fingerprint density at radius 1 is 1.43 bits per heavy atom. The first-order valence-corrected chi connectivity index (χ1v) is 8.13. The molecular formula is C18H23N3O2. The molecule has 2 aromatic rings. The summed E-state index contributed by atoms with van der Waals surface area (Å²) in [6.07, 6.45) is 5.46. The zero-order chi connectivity index (χ0) is 16.2. The predicted octanol–water partition coefficient (Wildman–Crippen LogP) is 3.67. The van der Waals surface area contributed by atoms with Gasteiger partial charge in [-0.05, 0) is 49.4 Å². The van der Waals surface area contributed by atoms with Crippen LogP contribution >= 0.6 is 0 Å². The normalized spacial score (nSPS) is 21.2. The molecule has 0 saturated carbocycles. The number of carbonyl (C=O) groups is 1. The van der Waals surface area contributed by atoms with Gasteiger partial charge >= 0.3 is 6.03 Å². The number of hydrogen-bond donors (Lipinski definition) is 1. The van der Waals surface area contributed by atoms with Gasteiger partial charge in [-0.15, -0.1) is 0 Å². The number of rotatable bonds is 3. The van der Waals surface area contributed by atoms with Gasteiger partial charge in [0.2, 0.25) is 0 Å². The number of furan rings is 1. The maximum absolute atomic E-state index is 12.6. The van der Waals surface area contributed by atoms with Crippen molar-refractivity contribution in [2.24, 2.45) is 5.92 Å². The molecule has 1 fully saturated rings. The van der Waals surface area contributed by atoms with Gasteiger partial charge in [-0.3, -0.25) is 4.98 Å². The second kappa shape index (κ2) is 6.86. The molecule has 0 spiro atoms. The van der Waals surface area contributed by atoms with Crippen LogP contribution in [0.4, 0.5) is 4.79 Å². The maximum Gasteiger partial charge on any atom is 0.318 e. The predicted molar refractivity (Wildman–Crippen MR) is 87.8 cm³/mol. The highest BCUT2D eigenvalue weighted by Gasteiger charge is 2.32. The third-order valence-electron chi connectivity index (χ3n) is 4.38. The minimum absolute atomic E-state index is 0.0151. The number of amides is 2. The summed E-state index contributed by atoms with van der Waals surface area (Å²) in [7, 11) is 0. The van der Waals surface area contributed by atoms with Gasteiger partial charge in [0, 0.05) is 25.5 Å². The van der Waals surface area contributed by atoms with Crippen molar-refractivity contribution >= 4 is 6.03 Å². The van der Waals surface area contributed by atoms with E-state index < -0.39 is 0 Å². The smallest absolute Gasteiger partial charge is 0.318 e. The molecule has 0 bridgehead atoms. The summed E-state index contributed by atoms with van der Waals surface area (Å²) in [4.78, 5) is 18.6. The quantitative estimate of drug-likeness (QED) is 0.940. The van der Waals surface area contributed by atoms with E-state index in [0.717, 1.165) is 36.5 Å². The second-order valence-electron chi connectivity index (χ2n) is 6.31. The average molecular weight is 313 g/mol. The van der Waals surface area contributed by atoms with Crippen LogP contribution in [-0.4, -0.2) is 22.5 Å². The molecule has 122 valence electrons. The van der Waals surface area contributed by atoms with E-state index >= 15 is 0 Å². The number of pyridine rings is 1. The molecule has 2 unspecified atom stereocenters. The van der Waals surface area contributed by atoms with E-state index in [2.05, 4.69) is 17.2 Å². The van der Waals surface area contributed by atoms with Crippen molar-refractivity contribution < 1.29 is 9.21 Å². The number of nitrogens with zero attached hydrogens (tertiary/aromatic N) is 2. The molecule has 2 amide bonds. The second-order valence-corrected chi connectivity index (χ2v) is 6.31. The van der Waals surface area contributed by atoms with E-state index in [9.17, 15) is 4.79 Å². The molecule has 2 atom stereocenters. The van der Waals surface area contributed by atoms with Gasteiger partial charge < -0.3 is 14.6 Å². The van der Waals surface area contributed by atoms with Crippen LogP contribution in [-0.2, 0) is 6.54 Å². The van der Waals surface area contributed by atoms with Crippen molar-refractivity contribution in [3.05, 3.63) is 53.7 Å². The molecule has 23 heavy (non-hydrogen) atoms. The number of aromatic nitrogens is 1. The Hall–Kier alpha value is -2.30. The number of aryl methyl sites for hydroxylation is 1. The number of urea groups is 1. The lowest BCUT2D eigenvalue weighted by atomic mass is 9.91. The monoisotopic (exact) mass is 313 g/mol. The largest absolute Gasteiger partial charge is 0.464 e. The molecule has 2 aromatic heterocycles. The minimum Gasteiger partial charge on any atom is -0.464 e. The maximum atomic E-state index is 12.6. The average Bonchev–Trinajstić information content (AvgIpc) is 3.00. The van der Waals surface area contributed by atoms with Crippen LogP contribution in [0.15, 0.2) is 41.1 Å². The van der Waals surface area contributed by atoms with Crippen molar-refractivity contribution in [3.63, 3.8) is 0 Å². The van der Waals surface area contributed by atoms with Crippen LogP contribution in [0.5, 0.6) is 0 Å². The van der Waals surface area contributed by atoms with Crippen molar-refractivity contribution in [3.8, 4) is 0 Å². The Labute approximate surface area is 136 Å². The molecule has 1 saturated heterocycles. The highest BCUT2D eigenvalue weighted by Crippen LogP contribution is 2.34. The molecule has 0 aromatic carbocycles. The highest BCUT2D eigenvalue weighted by atomic mass is 16.3. The third-order valence-corrected chi connectivity index (χ3v) is 4.38. The fourth-order valence-electron chi connectivity index (χ4n) is 3.07. The van der Waals surface area contributed by atoms with Gasteiger partial charge in [-0.1, -0.05) is 13.0 Å².